The number of hydrogen-bond donors (Lipinski definition) is 2. The van der Waals surface area contributed by atoms with Gasteiger partial charge in [-0.3, -0.25) is 0 Å². The van der Waals surface area contributed by atoms with Crippen molar-refractivity contribution in [2.24, 2.45) is 0 Å². The number of benzene rings is 2. The fraction of sp³-hybridized carbons (Fsp3) is 0.600. The molecule has 3 fully saturated rings. The van der Waals surface area contributed by atoms with Crippen LogP contribution in [0.15, 0.2) is 60.7 Å². The highest BCUT2D eigenvalue weighted by molar-refractivity contribution is 5.14. The maximum absolute atomic E-state index is 10.5. The van der Waals surface area contributed by atoms with Crippen LogP contribution in [0.4, 0.5) is 0 Å². The Bertz CT molecular complexity index is 957. The summed E-state index contributed by atoms with van der Waals surface area (Å²) in [6.45, 7) is 3.56. The second kappa shape index (κ2) is 12.3. The van der Waals surface area contributed by atoms with Crippen LogP contribution in [0.5, 0.6) is 0 Å². The lowest BCUT2D eigenvalue weighted by Crippen LogP contribution is -2.58. The van der Waals surface area contributed by atoms with E-state index in [2.05, 4.69) is 31.2 Å². The van der Waals surface area contributed by atoms with Gasteiger partial charge in [-0.2, -0.15) is 0 Å². The quantitative estimate of drug-likeness (QED) is 0.495. The Morgan fingerprint density at radius 3 is 2.30 bits per heavy atom. The van der Waals surface area contributed by atoms with Crippen LogP contribution in [0, 0.1) is 0 Å². The summed E-state index contributed by atoms with van der Waals surface area (Å²) >= 11 is 0. The number of aliphatic hydroxyl groups excluding tert-OH is 2. The first-order chi connectivity index (χ1) is 18.0. The lowest BCUT2D eigenvalue weighted by Gasteiger charge is -2.48. The molecule has 0 amide bonds. The molecule has 37 heavy (non-hydrogen) atoms. The standard InChI is InChI=1S/C30H40O7/c1-30-17-27(34-20-22-10-6-3-7-11-22)25(14-15-33-19-21-8-4-2-5-9-21)36-29(30)13-12-24-26(37-30)16-23(32)28(18-31)35-24/h2-11,23-29,31-32H,12-20H2,1H3/t23-,24-,25-,26+,27+,28+,29+,30-/m0/s1. The fourth-order valence-corrected chi connectivity index (χ4v) is 5.91. The third-order valence-corrected chi connectivity index (χ3v) is 7.99. The van der Waals surface area contributed by atoms with Gasteiger partial charge in [0, 0.05) is 19.4 Å². The molecule has 0 aliphatic carbocycles. The average molecular weight is 513 g/mol. The van der Waals surface area contributed by atoms with Crippen LogP contribution < -0.4 is 0 Å². The number of rotatable bonds is 9. The minimum atomic E-state index is -0.740. The zero-order valence-corrected chi connectivity index (χ0v) is 21.6. The van der Waals surface area contributed by atoms with E-state index in [0.717, 1.165) is 30.4 Å². The van der Waals surface area contributed by atoms with Gasteiger partial charge in [0.2, 0.25) is 0 Å². The summed E-state index contributed by atoms with van der Waals surface area (Å²) < 4.78 is 31.9. The smallest absolute Gasteiger partial charge is 0.107 e. The monoisotopic (exact) mass is 512 g/mol. The van der Waals surface area contributed by atoms with E-state index in [1.807, 2.05) is 36.4 Å². The summed E-state index contributed by atoms with van der Waals surface area (Å²) in [4.78, 5) is 0. The first kappa shape index (κ1) is 26.8. The van der Waals surface area contributed by atoms with Crippen LogP contribution >= 0.6 is 0 Å². The van der Waals surface area contributed by atoms with E-state index >= 15 is 0 Å². The molecule has 3 heterocycles. The van der Waals surface area contributed by atoms with Gasteiger partial charge in [-0.1, -0.05) is 60.7 Å². The molecule has 202 valence electrons. The van der Waals surface area contributed by atoms with Gasteiger partial charge >= 0.3 is 0 Å². The lowest BCUT2D eigenvalue weighted by molar-refractivity contribution is -0.268. The zero-order valence-electron chi connectivity index (χ0n) is 21.6. The Morgan fingerprint density at radius 2 is 1.59 bits per heavy atom. The summed E-state index contributed by atoms with van der Waals surface area (Å²) in [5, 5.41) is 20.1. The molecule has 2 aromatic carbocycles. The molecule has 0 unspecified atom stereocenters. The predicted molar refractivity (Wildman–Crippen MR) is 138 cm³/mol. The summed E-state index contributed by atoms with van der Waals surface area (Å²) in [6.07, 6.45) is 1.34. The van der Waals surface area contributed by atoms with Crippen LogP contribution in [0.25, 0.3) is 0 Å². The molecule has 7 nitrogen and oxygen atoms in total. The third kappa shape index (κ3) is 6.60. The van der Waals surface area contributed by atoms with Crippen molar-refractivity contribution in [2.45, 2.75) is 101 Å². The van der Waals surface area contributed by atoms with Gasteiger partial charge in [-0.05, 0) is 37.3 Å². The van der Waals surface area contributed by atoms with Crippen molar-refractivity contribution in [3.8, 4) is 0 Å². The maximum Gasteiger partial charge on any atom is 0.107 e. The maximum atomic E-state index is 10.5. The van der Waals surface area contributed by atoms with Crippen LogP contribution in [-0.2, 0) is 36.9 Å². The Labute approximate surface area is 219 Å². The van der Waals surface area contributed by atoms with Gasteiger partial charge in [0.25, 0.3) is 0 Å². The largest absolute Gasteiger partial charge is 0.394 e. The molecule has 3 aliphatic heterocycles. The van der Waals surface area contributed by atoms with Crippen LogP contribution in [0.1, 0.15) is 50.2 Å². The van der Waals surface area contributed by atoms with E-state index in [0.29, 0.717) is 32.7 Å². The van der Waals surface area contributed by atoms with Crippen LogP contribution in [0.3, 0.4) is 0 Å². The van der Waals surface area contributed by atoms with Gasteiger partial charge in [0.1, 0.15) is 6.10 Å². The molecular formula is C30H40O7. The van der Waals surface area contributed by atoms with Gasteiger partial charge in [0.15, 0.2) is 0 Å². The average Bonchev–Trinajstić information content (AvgIpc) is 3.05. The molecule has 0 spiro atoms. The van der Waals surface area contributed by atoms with Crippen LogP contribution in [0.2, 0.25) is 0 Å². The normalized spacial score (nSPS) is 35.8. The van der Waals surface area contributed by atoms with E-state index in [1.165, 1.54) is 0 Å². The minimum Gasteiger partial charge on any atom is -0.394 e. The second-order valence-electron chi connectivity index (χ2n) is 10.8. The van der Waals surface area contributed by atoms with Crippen LogP contribution in [-0.4, -0.2) is 71.8 Å². The zero-order chi connectivity index (χ0) is 25.7. The molecule has 7 heteroatoms. The summed E-state index contributed by atoms with van der Waals surface area (Å²) in [7, 11) is 0. The third-order valence-electron chi connectivity index (χ3n) is 7.99. The van der Waals surface area contributed by atoms with Crippen molar-refractivity contribution in [1.29, 1.82) is 0 Å². The molecular weight excluding hydrogens is 472 g/mol. The van der Waals surface area contributed by atoms with Crippen molar-refractivity contribution in [3.05, 3.63) is 71.8 Å². The van der Waals surface area contributed by atoms with Crippen molar-refractivity contribution in [2.75, 3.05) is 13.2 Å². The van der Waals surface area contributed by atoms with Gasteiger partial charge < -0.3 is 33.9 Å². The van der Waals surface area contributed by atoms with Gasteiger partial charge in [-0.25, -0.2) is 0 Å². The minimum absolute atomic E-state index is 0.109. The number of fused-ring (bicyclic) bond motifs is 2. The number of ether oxygens (including phenoxy) is 5. The SMILES string of the molecule is C[C@]12C[C@@H](OCc3ccccc3)[C@H](CCOCc3ccccc3)O[C@@H]1CC[C@@H]1O[C@H](CO)[C@@H](O)C[C@H]1O2. The van der Waals surface area contributed by atoms with Crippen molar-refractivity contribution in [3.63, 3.8) is 0 Å². The van der Waals surface area contributed by atoms with Crippen molar-refractivity contribution < 1.29 is 33.9 Å². The number of hydrogen-bond acceptors (Lipinski definition) is 7. The molecule has 0 saturated carbocycles. The number of aliphatic hydroxyl groups is 2. The predicted octanol–water partition coefficient (Wildman–Crippen LogP) is 3.78. The fourth-order valence-electron chi connectivity index (χ4n) is 5.91. The van der Waals surface area contributed by atoms with Gasteiger partial charge in [-0.15, -0.1) is 0 Å². The Balaban J connectivity index is 1.26. The first-order valence-electron chi connectivity index (χ1n) is 13.6. The Hall–Kier alpha value is -1.84. The van der Waals surface area contributed by atoms with E-state index in [-0.39, 0.29) is 37.1 Å². The summed E-state index contributed by atoms with van der Waals surface area (Å²) in [6, 6.07) is 20.4. The molecule has 0 bridgehead atoms. The van der Waals surface area contributed by atoms with E-state index in [1.54, 1.807) is 0 Å². The topological polar surface area (TPSA) is 86.6 Å². The molecule has 3 saturated heterocycles. The van der Waals surface area contributed by atoms with Gasteiger partial charge in [0.05, 0.1) is 62.0 Å². The second-order valence-corrected chi connectivity index (χ2v) is 10.8. The van der Waals surface area contributed by atoms with Crippen molar-refractivity contribution >= 4 is 0 Å². The van der Waals surface area contributed by atoms with E-state index in [4.69, 9.17) is 23.7 Å². The van der Waals surface area contributed by atoms with E-state index < -0.39 is 17.8 Å². The van der Waals surface area contributed by atoms with Crippen molar-refractivity contribution in [1.82, 2.24) is 0 Å². The molecule has 3 aliphatic rings. The Morgan fingerprint density at radius 1 is 0.892 bits per heavy atom. The summed E-state index contributed by atoms with van der Waals surface area (Å²) in [5.41, 5.74) is 1.71. The summed E-state index contributed by atoms with van der Waals surface area (Å²) in [5.74, 6) is 0. The lowest BCUT2D eigenvalue weighted by atomic mass is 9.84. The molecule has 5 rings (SSSR count). The molecule has 0 aromatic heterocycles. The van der Waals surface area contributed by atoms with E-state index in [9.17, 15) is 10.2 Å². The highest BCUT2D eigenvalue weighted by Gasteiger charge is 2.52. The first-order valence-corrected chi connectivity index (χ1v) is 13.6. The molecule has 2 N–H and O–H groups in total. The molecule has 8 atom stereocenters. The highest BCUT2D eigenvalue weighted by atomic mass is 16.6. The Kier molecular flexibility index (Phi) is 8.93. The molecule has 0 radical (unpaired) electrons. The highest BCUT2D eigenvalue weighted by Crippen LogP contribution is 2.43. The molecule has 2 aromatic rings.